The highest BCUT2D eigenvalue weighted by Gasteiger charge is 2.24. The van der Waals surface area contributed by atoms with Crippen molar-refractivity contribution in [3.8, 4) is 24.0 Å². The minimum absolute atomic E-state index is 0.109. The number of para-hydroxylation sites is 1. The second-order valence-electron chi connectivity index (χ2n) is 6.94. The molecule has 2 aromatic carbocycles. The van der Waals surface area contributed by atoms with Crippen LogP contribution in [0.1, 0.15) is 21.5 Å². The van der Waals surface area contributed by atoms with Crippen LogP contribution in [-0.4, -0.2) is 36.1 Å². The van der Waals surface area contributed by atoms with Gasteiger partial charge in [0.05, 0.1) is 13.7 Å². The average Bonchev–Trinajstić information content (AvgIpc) is 3.25. The van der Waals surface area contributed by atoms with Crippen molar-refractivity contribution in [2.24, 2.45) is 0 Å². The van der Waals surface area contributed by atoms with E-state index in [2.05, 4.69) is 27.3 Å². The number of fused-ring (bicyclic) bond motifs is 1. The Morgan fingerprint density at radius 1 is 1.23 bits per heavy atom. The largest absolute Gasteiger partial charge is 0.497 e. The van der Waals surface area contributed by atoms with Crippen molar-refractivity contribution in [1.29, 1.82) is 0 Å². The molecule has 1 aliphatic rings. The summed E-state index contributed by atoms with van der Waals surface area (Å²) in [5.74, 6) is 3.47. The molecule has 0 fully saturated rings. The van der Waals surface area contributed by atoms with E-state index in [9.17, 15) is 4.79 Å². The summed E-state index contributed by atoms with van der Waals surface area (Å²) in [7, 11) is 1.62. The first kappa shape index (κ1) is 20.2. The van der Waals surface area contributed by atoms with Crippen LogP contribution in [-0.2, 0) is 13.0 Å². The molecule has 7 heteroatoms. The van der Waals surface area contributed by atoms with Crippen molar-refractivity contribution in [3.63, 3.8) is 0 Å². The first-order chi connectivity index (χ1) is 15.2. The first-order valence-electron chi connectivity index (χ1n) is 9.89. The van der Waals surface area contributed by atoms with Gasteiger partial charge >= 0.3 is 0 Å². The van der Waals surface area contributed by atoms with Crippen LogP contribution in [0.5, 0.6) is 11.6 Å². The lowest BCUT2D eigenvalue weighted by Crippen LogP contribution is -2.25. The van der Waals surface area contributed by atoms with Gasteiger partial charge in [-0.15, -0.1) is 6.42 Å². The molecule has 0 atom stereocenters. The molecule has 3 aromatic rings. The minimum atomic E-state index is -0.379. The van der Waals surface area contributed by atoms with Crippen molar-refractivity contribution >= 4 is 17.5 Å². The number of terminal acetylenes is 1. The molecule has 0 spiro atoms. The maximum absolute atomic E-state index is 12.6. The van der Waals surface area contributed by atoms with Crippen LogP contribution in [0.25, 0.3) is 0 Å². The molecule has 1 N–H and O–H groups in total. The third-order valence-electron chi connectivity index (χ3n) is 5.00. The van der Waals surface area contributed by atoms with Crippen molar-refractivity contribution in [2.75, 3.05) is 25.1 Å². The highest BCUT2D eigenvalue weighted by Crippen LogP contribution is 2.33. The van der Waals surface area contributed by atoms with E-state index in [0.717, 1.165) is 30.0 Å². The Morgan fingerprint density at radius 2 is 2.03 bits per heavy atom. The Labute approximate surface area is 181 Å². The van der Waals surface area contributed by atoms with Gasteiger partial charge in [-0.25, -0.2) is 4.98 Å². The van der Waals surface area contributed by atoms with Crippen LogP contribution in [0.4, 0.5) is 11.6 Å². The van der Waals surface area contributed by atoms with Crippen molar-refractivity contribution in [2.45, 2.75) is 13.0 Å². The van der Waals surface area contributed by atoms with E-state index in [1.807, 2.05) is 47.4 Å². The lowest BCUT2D eigenvalue weighted by atomic mass is 10.2. The van der Waals surface area contributed by atoms with Gasteiger partial charge in [0.1, 0.15) is 17.9 Å². The number of benzene rings is 2. The van der Waals surface area contributed by atoms with Gasteiger partial charge in [-0.1, -0.05) is 36.3 Å². The van der Waals surface area contributed by atoms with Gasteiger partial charge in [-0.3, -0.25) is 4.79 Å². The standard InChI is InChI=1S/C24H22N4O3/c1-3-13-25-22(29)20-15-26-24(28-14-12-18-6-4-5-7-21(18)28)27-23(20)31-16-17-8-10-19(30-2)11-9-17/h1,4-11,15H,12-14,16H2,2H3,(H,25,29). The van der Waals surface area contributed by atoms with E-state index < -0.39 is 0 Å². The number of rotatable bonds is 7. The molecule has 1 amide bonds. The number of carbonyl (C=O) groups excluding carboxylic acids is 1. The Bertz CT molecular complexity index is 1120. The molecule has 0 saturated heterocycles. The fourth-order valence-electron chi connectivity index (χ4n) is 3.40. The van der Waals surface area contributed by atoms with Gasteiger partial charge in [-0.05, 0) is 35.7 Å². The number of nitrogens with zero attached hydrogens (tertiary/aromatic N) is 3. The fourth-order valence-corrected chi connectivity index (χ4v) is 3.40. The Balaban J connectivity index is 1.62. The topological polar surface area (TPSA) is 76.6 Å². The first-order valence-corrected chi connectivity index (χ1v) is 9.89. The number of hydrogen-bond donors (Lipinski definition) is 1. The van der Waals surface area contributed by atoms with Crippen LogP contribution >= 0.6 is 0 Å². The molecule has 0 radical (unpaired) electrons. The van der Waals surface area contributed by atoms with Crippen LogP contribution in [0.2, 0.25) is 0 Å². The van der Waals surface area contributed by atoms with E-state index in [0.29, 0.717) is 5.95 Å². The maximum Gasteiger partial charge on any atom is 0.259 e. The molecule has 0 aliphatic carbocycles. The van der Waals surface area contributed by atoms with Gasteiger partial charge in [0.2, 0.25) is 11.8 Å². The molecule has 4 rings (SSSR count). The van der Waals surface area contributed by atoms with Crippen LogP contribution < -0.4 is 19.7 Å². The average molecular weight is 414 g/mol. The van der Waals surface area contributed by atoms with E-state index in [1.54, 1.807) is 7.11 Å². The quantitative estimate of drug-likeness (QED) is 0.599. The SMILES string of the molecule is C#CCNC(=O)c1cnc(N2CCc3ccccc32)nc1OCc1ccc(OC)cc1. The number of hydrogen-bond acceptors (Lipinski definition) is 6. The maximum atomic E-state index is 12.6. The third-order valence-corrected chi connectivity index (χ3v) is 5.00. The minimum Gasteiger partial charge on any atom is -0.497 e. The number of amides is 1. The number of anilines is 2. The summed E-state index contributed by atoms with van der Waals surface area (Å²) >= 11 is 0. The smallest absolute Gasteiger partial charge is 0.259 e. The third kappa shape index (κ3) is 4.43. The highest BCUT2D eigenvalue weighted by molar-refractivity contribution is 5.96. The van der Waals surface area contributed by atoms with E-state index in [-0.39, 0.29) is 30.5 Å². The lowest BCUT2D eigenvalue weighted by Gasteiger charge is -2.19. The molecule has 7 nitrogen and oxygen atoms in total. The monoisotopic (exact) mass is 414 g/mol. The molecule has 1 aliphatic heterocycles. The zero-order valence-corrected chi connectivity index (χ0v) is 17.2. The Morgan fingerprint density at radius 3 is 2.81 bits per heavy atom. The zero-order valence-electron chi connectivity index (χ0n) is 17.2. The lowest BCUT2D eigenvalue weighted by molar-refractivity contribution is 0.0952. The number of carbonyl (C=O) groups is 1. The Kier molecular flexibility index (Phi) is 5.99. The zero-order chi connectivity index (χ0) is 21.6. The van der Waals surface area contributed by atoms with Crippen LogP contribution in [0.15, 0.2) is 54.7 Å². The van der Waals surface area contributed by atoms with Crippen molar-refractivity contribution in [1.82, 2.24) is 15.3 Å². The summed E-state index contributed by atoms with van der Waals surface area (Å²) in [6.07, 6.45) is 7.65. The van der Waals surface area contributed by atoms with Gasteiger partial charge in [0.15, 0.2) is 0 Å². The van der Waals surface area contributed by atoms with Gasteiger partial charge < -0.3 is 19.7 Å². The molecular weight excluding hydrogens is 392 g/mol. The molecule has 0 unspecified atom stereocenters. The summed E-state index contributed by atoms with van der Waals surface area (Å²) in [5.41, 5.74) is 3.46. The number of nitrogens with one attached hydrogen (secondary N) is 1. The second kappa shape index (κ2) is 9.18. The number of aromatic nitrogens is 2. The number of ether oxygens (including phenoxy) is 2. The van der Waals surface area contributed by atoms with Gasteiger partial charge in [-0.2, -0.15) is 4.98 Å². The molecule has 1 aromatic heterocycles. The molecule has 0 bridgehead atoms. The molecule has 2 heterocycles. The summed E-state index contributed by atoms with van der Waals surface area (Å²) in [6.45, 7) is 1.12. The number of methoxy groups -OCH3 is 1. The van der Waals surface area contributed by atoms with Crippen molar-refractivity contribution in [3.05, 3.63) is 71.4 Å². The van der Waals surface area contributed by atoms with Crippen LogP contribution in [0.3, 0.4) is 0 Å². The predicted octanol–water partition coefficient (Wildman–Crippen LogP) is 3.12. The Hall–Kier alpha value is -4.05. The highest BCUT2D eigenvalue weighted by atomic mass is 16.5. The fraction of sp³-hybridized carbons (Fsp3) is 0.208. The molecule has 156 valence electrons. The van der Waals surface area contributed by atoms with E-state index in [1.165, 1.54) is 11.8 Å². The summed E-state index contributed by atoms with van der Waals surface area (Å²) in [5, 5.41) is 2.64. The van der Waals surface area contributed by atoms with Gasteiger partial charge in [0.25, 0.3) is 5.91 Å². The van der Waals surface area contributed by atoms with Gasteiger partial charge in [0, 0.05) is 18.4 Å². The van der Waals surface area contributed by atoms with Crippen LogP contribution in [0, 0.1) is 12.3 Å². The van der Waals surface area contributed by atoms with E-state index in [4.69, 9.17) is 15.9 Å². The predicted molar refractivity (Wildman–Crippen MR) is 118 cm³/mol. The normalized spacial score (nSPS) is 12.1. The van der Waals surface area contributed by atoms with E-state index >= 15 is 0 Å². The summed E-state index contributed by atoms with van der Waals surface area (Å²) < 4.78 is 11.1. The molecule has 31 heavy (non-hydrogen) atoms. The van der Waals surface area contributed by atoms with Crippen molar-refractivity contribution < 1.29 is 14.3 Å². The summed E-state index contributed by atoms with van der Waals surface area (Å²) in [4.78, 5) is 23.6. The second-order valence-corrected chi connectivity index (χ2v) is 6.94. The molecule has 0 saturated carbocycles. The molecular formula is C24H22N4O3. The summed E-state index contributed by atoms with van der Waals surface area (Å²) in [6, 6.07) is 15.6.